The third kappa shape index (κ3) is 3.26. The van der Waals surface area contributed by atoms with E-state index in [1.165, 1.54) is 0 Å². The van der Waals surface area contributed by atoms with E-state index in [1.54, 1.807) is 12.1 Å². The molecule has 2 rings (SSSR count). The predicted molar refractivity (Wildman–Crippen MR) is 75.8 cm³/mol. The van der Waals surface area contributed by atoms with E-state index in [0.717, 1.165) is 17.2 Å². The van der Waals surface area contributed by atoms with Gasteiger partial charge in [-0.1, -0.05) is 13.8 Å². The van der Waals surface area contributed by atoms with Crippen LogP contribution in [0, 0.1) is 12.8 Å². The van der Waals surface area contributed by atoms with E-state index in [2.05, 4.69) is 0 Å². The summed E-state index contributed by atoms with van der Waals surface area (Å²) in [7, 11) is 0. The largest absolute Gasteiger partial charge is 0.478 e. The number of alkyl halides is 3. The van der Waals surface area contributed by atoms with Crippen molar-refractivity contribution in [2.24, 2.45) is 5.92 Å². The number of ether oxygens (including phenoxy) is 1. The van der Waals surface area contributed by atoms with Gasteiger partial charge in [-0.2, -0.15) is 13.2 Å². The van der Waals surface area contributed by atoms with Crippen molar-refractivity contribution in [3.63, 3.8) is 0 Å². The number of halogens is 3. The molecule has 1 atom stereocenters. The van der Waals surface area contributed by atoms with Crippen LogP contribution in [-0.4, -0.2) is 23.4 Å². The van der Waals surface area contributed by atoms with E-state index >= 15 is 0 Å². The summed E-state index contributed by atoms with van der Waals surface area (Å²) in [5, 5.41) is 8.99. The van der Waals surface area contributed by atoms with Gasteiger partial charge in [-0.3, -0.25) is 0 Å². The molecule has 0 radical (unpaired) electrons. The van der Waals surface area contributed by atoms with Gasteiger partial charge in [0.05, 0.1) is 5.57 Å². The Morgan fingerprint density at radius 3 is 2.50 bits per heavy atom. The Bertz CT molecular complexity index is 630. The molecule has 0 fully saturated rings. The maximum atomic E-state index is 13.0. The lowest BCUT2D eigenvalue weighted by Gasteiger charge is -2.28. The Labute approximate surface area is 126 Å². The van der Waals surface area contributed by atoms with Crippen molar-refractivity contribution < 1.29 is 27.8 Å². The van der Waals surface area contributed by atoms with Gasteiger partial charge in [0, 0.05) is 5.56 Å². The molecule has 0 spiro atoms. The first kappa shape index (κ1) is 16.4. The fourth-order valence-electron chi connectivity index (χ4n) is 2.48. The van der Waals surface area contributed by atoms with Crippen LogP contribution in [0.15, 0.2) is 17.7 Å². The zero-order chi connectivity index (χ0) is 16.7. The third-order valence-electron chi connectivity index (χ3n) is 3.48. The highest BCUT2D eigenvalue weighted by Crippen LogP contribution is 2.38. The molecule has 1 aromatic carbocycles. The lowest BCUT2D eigenvalue weighted by molar-refractivity contribution is -0.187. The highest BCUT2D eigenvalue weighted by Gasteiger charge is 2.48. The van der Waals surface area contributed by atoms with E-state index in [-0.39, 0.29) is 5.75 Å². The summed E-state index contributed by atoms with van der Waals surface area (Å²) < 4.78 is 44.0. The Morgan fingerprint density at radius 1 is 1.36 bits per heavy atom. The number of aliphatic carboxylic acids is 1. The van der Waals surface area contributed by atoms with E-state index in [9.17, 15) is 18.0 Å². The Balaban J connectivity index is 2.51. The SMILES string of the molecule is Cc1cc2c(cc1CC(C)C)OC(C(F)(F)F)C(C(=O)O)=C2. The molecule has 3 nitrogen and oxygen atoms in total. The summed E-state index contributed by atoms with van der Waals surface area (Å²) in [5.41, 5.74) is 1.38. The first-order chi connectivity index (χ1) is 10.1. The van der Waals surface area contributed by atoms with Gasteiger partial charge in [-0.05, 0) is 48.6 Å². The minimum absolute atomic E-state index is 0.0774. The number of rotatable bonds is 3. The van der Waals surface area contributed by atoms with Crippen LogP contribution in [0.5, 0.6) is 5.75 Å². The average molecular weight is 314 g/mol. The number of carboxylic acids is 1. The molecular weight excluding hydrogens is 297 g/mol. The first-order valence-corrected chi connectivity index (χ1v) is 6.91. The standard InChI is InChI=1S/C16H17F3O3/c1-8(2)4-10-7-13-11(5-9(10)3)6-12(15(20)21)14(22-13)16(17,18)19/h5-8,14H,4H2,1-3H3,(H,20,21). The zero-order valence-corrected chi connectivity index (χ0v) is 12.5. The number of fused-ring (bicyclic) bond motifs is 1. The van der Waals surface area contributed by atoms with E-state index in [4.69, 9.17) is 9.84 Å². The lowest BCUT2D eigenvalue weighted by atomic mass is 9.93. The molecule has 1 aromatic rings. The second-order valence-corrected chi connectivity index (χ2v) is 5.86. The van der Waals surface area contributed by atoms with Crippen LogP contribution in [0.3, 0.4) is 0 Å². The molecule has 0 bridgehead atoms. The zero-order valence-electron chi connectivity index (χ0n) is 12.5. The molecule has 0 aliphatic carbocycles. The number of benzene rings is 1. The van der Waals surface area contributed by atoms with Crippen molar-refractivity contribution in [3.05, 3.63) is 34.4 Å². The summed E-state index contributed by atoms with van der Waals surface area (Å²) in [6.07, 6.45) is -5.45. The molecule has 0 amide bonds. The number of hydrogen-bond acceptors (Lipinski definition) is 2. The van der Waals surface area contributed by atoms with Gasteiger partial charge in [-0.15, -0.1) is 0 Å². The molecule has 1 aliphatic heterocycles. The van der Waals surface area contributed by atoms with Crippen LogP contribution in [0.1, 0.15) is 30.5 Å². The van der Waals surface area contributed by atoms with Gasteiger partial charge in [0.15, 0.2) is 0 Å². The van der Waals surface area contributed by atoms with Crippen molar-refractivity contribution >= 4 is 12.0 Å². The maximum absolute atomic E-state index is 13.0. The van der Waals surface area contributed by atoms with E-state index in [1.807, 2.05) is 20.8 Å². The molecule has 1 heterocycles. The van der Waals surface area contributed by atoms with Crippen molar-refractivity contribution in [2.45, 2.75) is 39.5 Å². The summed E-state index contributed by atoms with van der Waals surface area (Å²) >= 11 is 0. The fourth-order valence-corrected chi connectivity index (χ4v) is 2.48. The van der Waals surface area contributed by atoms with Crippen LogP contribution in [0.2, 0.25) is 0 Å². The van der Waals surface area contributed by atoms with Gasteiger partial charge in [0.2, 0.25) is 6.10 Å². The fraction of sp³-hybridized carbons (Fsp3) is 0.438. The second kappa shape index (κ2) is 5.66. The second-order valence-electron chi connectivity index (χ2n) is 5.86. The van der Waals surface area contributed by atoms with Gasteiger partial charge < -0.3 is 9.84 Å². The molecular formula is C16H17F3O3. The normalized spacial score (nSPS) is 17.8. The first-order valence-electron chi connectivity index (χ1n) is 6.91. The van der Waals surface area contributed by atoms with Crippen molar-refractivity contribution in [2.75, 3.05) is 0 Å². The van der Waals surface area contributed by atoms with Gasteiger partial charge in [0.1, 0.15) is 5.75 Å². The smallest absolute Gasteiger partial charge is 0.430 e. The van der Waals surface area contributed by atoms with Gasteiger partial charge in [0.25, 0.3) is 0 Å². The Kier molecular flexibility index (Phi) is 4.22. The maximum Gasteiger partial charge on any atom is 0.430 e. The average Bonchev–Trinajstić information content (AvgIpc) is 2.36. The van der Waals surface area contributed by atoms with Gasteiger partial charge >= 0.3 is 12.1 Å². The topological polar surface area (TPSA) is 46.5 Å². The number of hydrogen-bond donors (Lipinski definition) is 1. The summed E-state index contributed by atoms with van der Waals surface area (Å²) in [6.45, 7) is 5.88. The minimum atomic E-state index is -4.77. The quantitative estimate of drug-likeness (QED) is 0.918. The lowest BCUT2D eigenvalue weighted by Crippen LogP contribution is -2.40. The van der Waals surface area contributed by atoms with Crippen LogP contribution >= 0.6 is 0 Å². The van der Waals surface area contributed by atoms with Crippen LogP contribution in [-0.2, 0) is 11.2 Å². The predicted octanol–water partition coefficient (Wildman–Crippen LogP) is 3.98. The molecule has 0 aromatic heterocycles. The van der Waals surface area contributed by atoms with Crippen molar-refractivity contribution in [1.82, 2.24) is 0 Å². The third-order valence-corrected chi connectivity index (χ3v) is 3.48. The summed E-state index contributed by atoms with van der Waals surface area (Å²) in [5.74, 6) is -1.20. The van der Waals surface area contributed by atoms with Crippen LogP contribution in [0.25, 0.3) is 6.08 Å². The molecule has 120 valence electrons. The van der Waals surface area contributed by atoms with Crippen molar-refractivity contribution in [1.29, 1.82) is 0 Å². The highest BCUT2D eigenvalue weighted by atomic mass is 19.4. The summed E-state index contributed by atoms with van der Waals surface area (Å²) in [6, 6.07) is 3.25. The number of carbonyl (C=O) groups is 1. The van der Waals surface area contributed by atoms with Crippen LogP contribution < -0.4 is 4.74 Å². The monoisotopic (exact) mass is 314 g/mol. The molecule has 1 aliphatic rings. The van der Waals surface area contributed by atoms with E-state index < -0.39 is 23.8 Å². The van der Waals surface area contributed by atoms with Crippen molar-refractivity contribution in [3.8, 4) is 5.75 Å². The highest BCUT2D eigenvalue weighted by molar-refractivity contribution is 5.95. The Morgan fingerprint density at radius 2 is 2.00 bits per heavy atom. The molecule has 1 N–H and O–H groups in total. The minimum Gasteiger partial charge on any atom is -0.478 e. The van der Waals surface area contributed by atoms with Gasteiger partial charge in [-0.25, -0.2) is 4.79 Å². The molecule has 22 heavy (non-hydrogen) atoms. The number of aryl methyl sites for hydroxylation is 1. The Hall–Kier alpha value is -1.98. The van der Waals surface area contributed by atoms with E-state index in [0.29, 0.717) is 17.9 Å². The molecule has 0 saturated carbocycles. The molecule has 6 heteroatoms. The van der Waals surface area contributed by atoms with Crippen LogP contribution in [0.4, 0.5) is 13.2 Å². The molecule has 0 saturated heterocycles. The molecule has 1 unspecified atom stereocenters. The summed E-state index contributed by atoms with van der Waals surface area (Å²) in [4.78, 5) is 11.1. The number of carboxylic acid groups (broad SMARTS) is 1.